The smallest absolute Gasteiger partial charge is 0.229 e. The van der Waals surface area contributed by atoms with Crippen LogP contribution in [0.3, 0.4) is 0 Å². The van der Waals surface area contributed by atoms with Gasteiger partial charge in [0.2, 0.25) is 5.89 Å². The van der Waals surface area contributed by atoms with Crippen molar-refractivity contribution in [3.05, 3.63) is 11.7 Å². The zero-order chi connectivity index (χ0) is 12.2. The van der Waals surface area contributed by atoms with Crippen molar-refractivity contribution in [1.29, 1.82) is 0 Å². The molecule has 0 saturated carbocycles. The maximum atomic E-state index is 5.93. The summed E-state index contributed by atoms with van der Waals surface area (Å²) in [6.45, 7) is 8.11. The van der Waals surface area contributed by atoms with Crippen LogP contribution in [0.4, 0.5) is 0 Å². The average Bonchev–Trinajstić information content (AvgIpc) is 2.68. The number of aromatic nitrogens is 2. The summed E-state index contributed by atoms with van der Waals surface area (Å²) in [6, 6.07) is 0. The molecule has 92 valence electrons. The van der Waals surface area contributed by atoms with Gasteiger partial charge in [0.1, 0.15) is 0 Å². The lowest BCUT2D eigenvalue weighted by Gasteiger charge is -2.12. The number of unbranched alkanes of at least 4 members (excludes halogenated alkanes) is 1. The fourth-order valence-corrected chi connectivity index (χ4v) is 1.62. The van der Waals surface area contributed by atoms with E-state index in [4.69, 9.17) is 10.3 Å². The second-order valence-electron chi connectivity index (χ2n) is 4.93. The highest BCUT2D eigenvalue weighted by molar-refractivity contribution is 5.01. The first-order chi connectivity index (χ1) is 7.49. The standard InChI is InChI=1S/C12H23N3O/c1-5-7-8-9(6-2)10-14-11(15-16-10)12(3,4)13/h9H,5-8,13H2,1-4H3. The van der Waals surface area contributed by atoms with E-state index in [1.807, 2.05) is 13.8 Å². The lowest BCUT2D eigenvalue weighted by atomic mass is 9.99. The molecule has 0 saturated heterocycles. The summed E-state index contributed by atoms with van der Waals surface area (Å²) in [5.41, 5.74) is 5.40. The monoisotopic (exact) mass is 225 g/mol. The third-order valence-electron chi connectivity index (χ3n) is 2.77. The largest absolute Gasteiger partial charge is 0.339 e. The van der Waals surface area contributed by atoms with E-state index in [0.29, 0.717) is 11.7 Å². The fourth-order valence-electron chi connectivity index (χ4n) is 1.62. The maximum Gasteiger partial charge on any atom is 0.229 e. The zero-order valence-electron chi connectivity index (χ0n) is 10.8. The molecule has 0 spiro atoms. The number of nitrogens with zero attached hydrogens (tertiary/aromatic N) is 2. The molecule has 0 aromatic carbocycles. The molecule has 1 unspecified atom stereocenters. The maximum absolute atomic E-state index is 5.93. The number of hydrogen-bond donors (Lipinski definition) is 1. The highest BCUT2D eigenvalue weighted by Gasteiger charge is 2.24. The van der Waals surface area contributed by atoms with E-state index in [2.05, 4.69) is 24.0 Å². The van der Waals surface area contributed by atoms with Gasteiger partial charge in [-0.25, -0.2) is 0 Å². The molecule has 16 heavy (non-hydrogen) atoms. The third kappa shape index (κ3) is 3.30. The molecular weight excluding hydrogens is 202 g/mol. The van der Waals surface area contributed by atoms with Gasteiger partial charge in [0.25, 0.3) is 0 Å². The Morgan fingerprint density at radius 3 is 2.50 bits per heavy atom. The van der Waals surface area contributed by atoms with Gasteiger partial charge in [0.15, 0.2) is 5.82 Å². The van der Waals surface area contributed by atoms with E-state index in [1.165, 1.54) is 12.8 Å². The van der Waals surface area contributed by atoms with Crippen LogP contribution < -0.4 is 5.73 Å². The highest BCUT2D eigenvalue weighted by atomic mass is 16.5. The Kier molecular flexibility index (Phi) is 4.47. The summed E-state index contributed by atoms with van der Waals surface area (Å²) in [7, 11) is 0. The minimum Gasteiger partial charge on any atom is -0.339 e. The van der Waals surface area contributed by atoms with Crippen LogP contribution in [0.25, 0.3) is 0 Å². The molecule has 1 heterocycles. The lowest BCUT2D eigenvalue weighted by molar-refractivity contribution is 0.330. The predicted molar refractivity (Wildman–Crippen MR) is 64.1 cm³/mol. The van der Waals surface area contributed by atoms with Gasteiger partial charge in [-0.1, -0.05) is 31.8 Å². The van der Waals surface area contributed by atoms with Gasteiger partial charge in [-0.2, -0.15) is 4.98 Å². The van der Waals surface area contributed by atoms with Crippen molar-refractivity contribution in [1.82, 2.24) is 10.1 Å². The van der Waals surface area contributed by atoms with E-state index in [1.54, 1.807) is 0 Å². The quantitative estimate of drug-likeness (QED) is 0.808. The van der Waals surface area contributed by atoms with Gasteiger partial charge in [-0.3, -0.25) is 0 Å². The molecule has 0 aliphatic rings. The number of rotatable bonds is 6. The lowest BCUT2D eigenvalue weighted by Crippen LogP contribution is -2.30. The van der Waals surface area contributed by atoms with Crippen LogP contribution in [0.2, 0.25) is 0 Å². The van der Waals surface area contributed by atoms with Crippen molar-refractivity contribution in [2.75, 3.05) is 0 Å². The molecule has 1 aromatic heterocycles. The van der Waals surface area contributed by atoms with Crippen molar-refractivity contribution in [3.8, 4) is 0 Å². The van der Waals surface area contributed by atoms with Crippen LogP contribution in [0.5, 0.6) is 0 Å². The van der Waals surface area contributed by atoms with Gasteiger partial charge in [-0.15, -0.1) is 0 Å². The van der Waals surface area contributed by atoms with E-state index >= 15 is 0 Å². The summed E-state index contributed by atoms with van der Waals surface area (Å²) >= 11 is 0. The normalized spacial score (nSPS) is 14.1. The summed E-state index contributed by atoms with van der Waals surface area (Å²) in [5.74, 6) is 1.71. The van der Waals surface area contributed by atoms with Crippen LogP contribution in [0, 0.1) is 0 Å². The Bertz CT molecular complexity index is 314. The van der Waals surface area contributed by atoms with Gasteiger partial charge in [-0.05, 0) is 26.7 Å². The molecule has 0 radical (unpaired) electrons. The highest BCUT2D eigenvalue weighted by Crippen LogP contribution is 2.25. The summed E-state index contributed by atoms with van der Waals surface area (Å²) in [4.78, 5) is 4.40. The molecule has 0 aliphatic heterocycles. The van der Waals surface area contributed by atoms with Crippen LogP contribution in [0.1, 0.15) is 71.0 Å². The molecule has 0 aliphatic carbocycles. The van der Waals surface area contributed by atoms with Crippen molar-refractivity contribution in [2.45, 2.75) is 64.8 Å². The van der Waals surface area contributed by atoms with E-state index in [9.17, 15) is 0 Å². The molecule has 2 N–H and O–H groups in total. The van der Waals surface area contributed by atoms with Gasteiger partial charge >= 0.3 is 0 Å². The molecule has 1 rings (SSSR count). The molecule has 0 fully saturated rings. The second kappa shape index (κ2) is 5.43. The molecule has 4 nitrogen and oxygen atoms in total. The summed E-state index contributed by atoms with van der Waals surface area (Å²) < 4.78 is 5.30. The van der Waals surface area contributed by atoms with Crippen LogP contribution in [0.15, 0.2) is 4.52 Å². The first-order valence-electron chi connectivity index (χ1n) is 6.12. The Morgan fingerprint density at radius 1 is 1.38 bits per heavy atom. The summed E-state index contributed by atoms with van der Waals surface area (Å²) in [5, 5.41) is 3.95. The van der Waals surface area contributed by atoms with Crippen molar-refractivity contribution >= 4 is 0 Å². The van der Waals surface area contributed by atoms with Gasteiger partial charge in [0, 0.05) is 5.92 Å². The van der Waals surface area contributed by atoms with Gasteiger partial charge < -0.3 is 10.3 Å². The average molecular weight is 225 g/mol. The van der Waals surface area contributed by atoms with Gasteiger partial charge in [0.05, 0.1) is 5.54 Å². The second-order valence-corrected chi connectivity index (χ2v) is 4.93. The topological polar surface area (TPSA) is 64.9 Å². The van der Waals surface area contributed by atoms with Crippen molar-refractivity contribution < 1.29 is 4.52 Å². The fraction of sp³-hybridized carbons (Fsp3) is 0.833. The number of hydrogen-bond acceptors (Lipinski definition) is 4. The van der Waals surface area contributed by atoms with Crippen LogP contribution in [-0.4, -0.2) is 10.1 Å². The molecule has 1 aromatic rings. The number of nitrogens with two attached hydrogens (primary N) is 1. The molecular formula is C12H23N3O. The van der Waals surface area contributed by atoms with Crippen LogP contribution in [-0.2, 0) is 5.54 Å². The van der Waals surface area contributed by atoms with Crippen molar-refractivity contribution in [3.63, 3.8) is 0 Å². The molecule has 1 atom stereocenters. The summed E-state index contributed by atoms with van der Waals surface area (Å²) in [6.07, 6.45) is 4.54. The first-order valence-corrected chi connectivity index (χ1v) is 6.12. The Labute approximate surface area is 97.6 Å². The third-order valence-corrected chi connectivity index (χ3v) is 2.77. The SMILES string of the molecule is CCCCC(CC)c1nc(C(C)(C)N)no1. The molecule has 4 heteroatoms. The minimum atomic E-state index is -0.523. The Hall–Kier alpha value is -0.900. The van der Waals surface area contributed by atoms with E-state index in [-0.39, 0.29) is 0 Å². The van der Waals surface area contributed by atoms with E-state index in [0.717, 1.165) is 18.7 Å². The Morgan fingerprint density at radius 2 is 2.06 bits per heavy atom. The van der Waals surface area contributed by atoms with Crippen LogP contribution >= 0.6 is 0 Å². The van der Waals surface area contributed by atoms with Crippen molar-refractivity contribution in [2.24, 2.45) is 5.73 Å². The zero-order valence-corrected chi connectivity index (χ0v) is 10.8. The first kappa shape index (κ1) is 13.2. The Balaban J connectivity index is 2.75. The molecule has 0 bridgehead atoms. The molecule has 0 amide bonds. The van der Waals surface area contributed by atoms with E-state index < -0.39 is 5.54 Å². The minimum absolute atomic E-state index is 0.378. The predicted octanol–water partition coefficient (Wildman–Crippen LogP) is 2.95.